The van der Waals surface area contributed by atoms with Crippen molar-refractivity contribution in [1.29, 1.82) is 0 Å². The van der Waals surface area contributed by atoms with Crippen LogP contribution >= 0.6 is 0 Å². The summed E-state index contributed by atoms with van der Waals surface area (Å²) in [6.45, 7) is 4.57. The summed E-state index contributed by atoms with van der Waals surface area (Å²) in [5.41, 5.74) is 6.97. The van der Waals surface area contributed by atoms with Gasteiger partial charge in [-0.05, 0) is 48.9 Å². The summed E-state index contributed by atoms with van der Waals surface area (Å²) in [6.07, 6.45) is 27.7. The molecule has 2 nitrogen and oxygen atoms in total. The molecule has 1 aromatic heterocycles. The normalized spacial score (nSPS) is 11.4. The lowest BCUT2D eigenvalue weighted by atomic mass is 10.0. The van der Waals surface area contributed by atoms with Crippen molar-refractivity contribution >= 4 is 11.0 Å². The molecule has 0 radical (unpaired) electrons. The Balaban J connectivity index is 1.38. The number of rotatable bonds is 20. The van der Waals surface area contributed by atoms with Crippen LogP contribution in [0, 0.1) is 0 Å². The molecule has 0 saturated carbocycles. The number of fused-ring (bicyclic) bond motifs is 1. The molecule has 3 aromatic rings. The van der Waals surface area contributed by atoms with E-state index in [1.165, 1.54) is 127 Å². The molecule has 0 unspecified atom stereocenters. The summed E-state index contributed by atoms with van der Waals surface area (Å²) in [5.74, 6) is 0. The third kappa shape index (κ3) is 11.4. The molecule has 0 spiro atoms. The van der Waals surface area contributed by atoms with Crippen molar-refractivity contribution in [3.8, 4) is 11.3 Å². The molecule has 3 rings (SSSR count). The smallest absolute Gasteiger partial charge is 0.0894 e. The minimum atomic E-state index is 0.970. The number of aryl methyl sites for hydroxylation is 2. The summed E-state index contributed by atoms with van der Waals surface area (Å²) in [5, 5.41) is 0. The Morgan fingerprint density at radius 2 is 0.973 bits per heavy atom. The van der Waals surface area contributed by atoms with Crippen LogP contribution in [0.15, 0.2) is 48.7 Å². The number of nitrogens with zero attached hydrogens (tertiary/aromatic N) is 2. The van der Waals surface area contributed by atoms with Gasteiger partial charge in [0.05, 0.1) is 22.9 Å². The fourth-order valence-electron chi connectivity index (χ4n) is 5.30. The van der Waals surface area contributed by atoms with Crippen molar-refractivity contribution in [2.24, 2.45) is 0 Å². The van der Waals surface area contributed by atoms with Gasteiger partial charge in [0.2, 0.25) is 0 Å². The molecule has 0 aliphatic carbocycles. The zero-order valence-electron chi connectivity index (χ0n) is 23.9. The van der Waals surface area contributed by atoms with Gasteiger partial charge >= 0.3 is 0 Å². The molecule has 2 heteroatoms. The highest BCUT2D eigenvalue weighted by atomic mass is 14.8. The molecule has 0 saturated heterocycles. The van der Waals surface area contributed by atoms with Crippen LogP contribution in [0.3, 0.4) is 0 Å². The van der Waals surface area contributed by atoms with Crippen molar-refractivity contribution in [1.82, 2.24) is 9.97 Å². The first-order valence-electron chi connectivity index (χ1n) is 15.6. The van der Waals surface area contributed by atoms with E-state index < -0.39 is 0 Å². The third-order valence-corrected chi connectivity index (χ3v) is 7.74. The van der Waals surface area contributed by atoms with Crippen LogP contribution in [-0.2, 0) is 12.8 Å². The quantitative estimate of drug-likeness (QED) is 0.144. The third-order valence-electron chi connectivity index (χ3n) is 7.74. The van der Waals surface area contributed by atoms with Gasteiger partial charge < -0.3 is 0 Å². The highest BCUT2D eigenvalue weighted by Gasteiger charge is 2.05. The predicted molar refractivity (Wildman–Crippen MR) is 162 cm³/mol. The van der Waals surface area contributed by atoms with Crippen LogP contribution < -0.4 is 0 Å². The van der Waals surface area contributed by atoms with Gasteiger partial charge in [0.25, 0.3) is 0 Å². The van der Waals surface area contributed by atoms with Crippen LogP contribution in [0.4, 0.5) is 0 Å². The van der Waals surface area contributed by atoms with E-state index in [4.69, 9.17) is 9.97 Å². The van der Waals surface area contributed by atoms with Gasteiger partial charge in [-0.1, -0.05) is 140 Å². The lowest BCUT2D eigenvalue weighted by Crippen LogP contribution is -1.92. The molecule has 2 aromatic carbocycles. The van der Waals surface area contributed by atoms with E-state index in [0.717, 1.165) is 28.7 Å². The molecule has 0 aliphatic rings. The fraction of sp³-hybridized carbons (Fsp3) is 0.600. The van der Waals surface area contributed by atoms with E-state index in [9.17, 15) is 0 Å². The molecule has 0 fully saturated rings. The molecule has 0 atom stereocenters. The molecule has 0 bridgehead atoms. The fourth-order valence-corrected chi connectivity index (χ4v) is 5.30. The van der Waals surface area contributed by atoms with Gasteiger partial charge in [0, 0.05) is 5.56 Å². The molecular formula is C35H52N2. The van der Waals surface area contributed by atoms with Crippen LogP contribution in [0.25, 0.3) is 22.3 Å². The Morgan fingerprint density at radius 3 is 1.54 bits per heavy atom. The lowest BCUT2D eigenvalue weighted by Gasteiger charge is -2.07. The van der Waals surface area contributed by atoms with E-state index in [0.29, 0.717) is 0 Å². The number of hydrogen-bond acceptors (Lipinski definition) is 2. The first-order valence-corrected chi connectivity index (χ1v) is 15.6. The van der Waals surface area contributed by atoms with E-state index in [1.54, 1.807) is 0 Å². The monoisotopic (exact) mass is 500 g/mol. The van der Waals surface area contributed by atoms with Crippen molar-refractivity contribution in [2.75, 3.05) is 0 Å². The number of hydrogen-bond donors (Lipinski definition) is 0. The molecule has 0 aliphatic heterocycles. The Morgan fingerprint density at radius 1 is 0.486 bits per heavy atom. The van der Waals surface area contributed by atoms with Gasteiger partial charge in [-0.3, -0.25) is 4.98 Å². The second-order valence-electron chi connectivity index (χ2n) is 11.1. The molecule has 0 amide bonds. The van der Waals surface area contributed by atoms with E-state index in [-0.39, 0.29) is 0 Å². The number of aromatic nitrogens is 2. The van der Waals surface area contributed by atoms with Crippen LogP contribution in [0.5, 0.6) is 0 Å². The van der Waals surface area contributed by atoms with Gasteiger partial charge in [-0.2, -0.15) is 0 Å². The number of unbranched alkanes of at least 4 members (excludes halogenated alkanes) is 15. The Labute approximate surface area is 227 Å². The highest BCUT2D eigenvalue weighted by Crippen LogP contribution is 2.22. The average Bonchev–Trinajstić information content (AvgIpc) is 2.93. The first-order chi connectivity index (χ1) is 18.3. The van der Waals surface area contributed by atoms with Crippen LogP contribution in [-0.4, -0.2) is 9.97 Å². The van der Waals surface area contributed by atoms with E-state index in [1.807, 2.05) is 6.20 Å². The first kappa shape index (κ1) is 29.3. The summed E-state index contributed by atoms with van der Waals surface area (Å²) in [7, 11) is 0. The average molecular weight is 501 g/mol. The predicted octanol–water partition coefficient (Wildman–Crippen LogP) is 11.1. The molecule has 0 N–H and O–H groups in total. The zero-order valence-corrected chi connectivity index (χ0v) is 23.9. The number of benzene rings is 2. The zero-order chi connectivity index (χ0) is 26.0. The topological polar surface area (TPSA) is 25.8 Å². The summed E-state index contributed by atoms with van der Waals surface area (Å²) >= 11 is 0. The Kier molecular flexibility index (Phi) is 14.4. The summed E-state index contributed by atoms with van der Waals surface area (Å²) < 4.78 is 0. The highest BCUT2D eigenvalue weighted by molar-refractivity contribution is 5.77. The van der Waals surface area contributed by atoms with E-state index in [2.05, 4.69) is 56.3 Å². The van der Waals surface area contributed by atoms with Gasteiger partial charge in [0.15, 0.2) is 0 Å². The van der Waals surface area contributed by atoms with E-state index >= 15 is 0 Å². The Bertz CT molecular complexity index is 992. The van der Waals surface area contributed by atoms with Crippen molar-refractivity contribution in [2.45, 2.75) is 136 Å². The van der Waals surface area contributed by atoms with Crippen LogP contribution in [0.1, 0.15) is 134 Å². The van der Waals surface area contributed by atoms with Crippen LogP contribution in [0.2, 0.25) is 0 Å². The lowest BCUT2D eigenvalue weighted by molar-refractivity contribution is 0.556. The van der Waals surface area contributed by atoms with Crippen molar-refractivity contribution in [3.05, 3.63) is 59.8 Å². The minimum absolute atomic E-state index is 0.970. The SMILES string of the molecule is CCCCCCCCCCCCc1ccc(-c2cnc3cc(CCCCCCCCC)ccc3n2)cc1. The second-order valence-corrected chi connectivity index (χ2v) is 11.1. The summed E-state index contributed by atoms with van der Waals surface area (Å²) in [6, 6.07) is 15.6. The van der Waals surface area contributed by atoms with Gasteiger partial charge in [-0.25, -0.2) is 4.98 Å². The second kappa shape index (κ2) is 18.1. The minimum Gasteiger partial charge on any atom is -0.252 e. The molecular weight excluding hydrogens is 448 g/mol. The molecule has 1 heterocycles. The maximum Gasteiger partial charge on any atom is 0.0894 e. The standard InChI is InChI=1S/C35H52N2/c1-3-5-7-9-11-12-13-15-16-18-20-30-22-25-32(26-23-30)35-29-36-34-28-31(24-27-33(34)37-35)21-19-17-14-10-8-6-4-2/h22-29H,3-21H2,1-2H3. The van der Waals surface area contributed by atoms with Gasteiger partial charge in [-0.15, -0.1) is 0 Å². The van der Waals surface area contributed by atoms with Crippen molar-refractivity contribution < 1.29 is 0 Å². The van der Waals surface area contributed by atoms with Gasteiger partial charge in [0.1, 0.15) is 0 Å². The van der Waals surface area contributed by atoms with Crippen molar-refractivity contribution in [3.63, 3.8) is 0 Å². The maximum absolute atomic E-state index is 4.92. The maximum atomic E-state index is 4.92. The molecule has 37 heavy (non-hydrogen) atoms. The largest absolute Gasteiger partial charge is 0.252 e. The Hall–Kier alpha value is -2.22. The molecule has 202 valence electrons. The summed E-state index contributed by atoms with van der Waals surface area (Å²) in [4.78, 5) is 9.68.